The van der Waals surface area contributed by atoms with Crippen LogP contribution in [0.15, 0.2) is 41.3 Å². The Hall–Kier alpha value is -3.29. The average Bonchev–Trinajstić information content (AvgIpc) is 3.01. The van der Waals surface area contributed by atoms with Gasteiger partial charge in [0, 0.05) is 17.8 Å². The molecule has 2 aromatic heterocycles. The second-order valence-corrected chi connectivity index (χ2v) is 4.74. The van der Waals surface area contributed by atoms with Gasteiger partial charge in [-0.1, -0.05) is 0 Å². The van der Waals surface area contributed by atoms with Gasteiger partial charge in [-0.25, -0.2) is 9.89 Å². The first-order chi connectivity index (χ1) is 10.5. The Balaban J connectivity index is 2.23. The Morgan fingerprint density at radius 2 is 2.09 bits per heavy atom. The van der Waals surface area contributed by atoms with Crippen molar-refractivity contribution in [1.29, 1.82) is 0 Å². The number of carbonyl (C=O) groups is 1. The van der Waals surface area contributed by atoms with E-state index in [0.717, 1.165) is 5.56 Å². The van der Waals surface area contributed by atoms with E-state index < -0.39 is 5.97 Å². The largest absolute Gasteiger partial charge is 0.478 e. The molecular weight excluding hydrogens is 286 g/mol. The molecule has 0 spiro atoms. The first-order valence-corrected chi connectivity index (χ1v) is 6.37. The maximum absolute atomic E-state index is 12.1. The van der Waals surface area contributed by atoms with Crippen LogP contribution in [0, 0.1) is 6.92 Å². The van der Waals surface area contributed by atoms with Crippen LogP contribution in [-0.4, -0.2) is 36.3 Å². The van der Waals surface area contributed by atoms with Gasteiger partial charge in [0.15, 0.2) is 5.82 Å². The Labute approximate surface area is 124 Å². The van der Waals surface area contributed by atoms with Crippen LogP contribution in [0.2, 0.25) is 0 Å². The van der Waals surface area contributed by atoms with E-state index in [-0.39, 0.29) is 11.1 Å². The number of carboxylic acids is 1. The van der Waals surface area contributed by atoms with E-state index in [1.54, 1.807) is 18.3 Å². The molecule has 2 heterocycles. The topological polar surface area (TPSA) is 114 Å². The smallest absolute Gasteiger partial charge is 0.335 e. The van der Waals surface area contributed by atoms with Crippen LogP contribution in [0.4, 0.5) is 0 Å². The van der Waals surface area contributed by atoms with Crippen LogP contribution >= 0.6 is 0 Å². The molecule has 1 aromatic carbocycles. The lowest BCUT2D eigenvalue weighted by molar-refractivity contribution is 0.0697. The van der Waals surface area contributed by atoms with Crippen molar-refractivity contribution < 1.29 is 9.90 Å². The van der Waals surface area contributed by atoms with Gasteiger partial charge in [-0.3, -0.25) is 9.36 Å². The fraction of sp³-hybridized carbons (Fsp3) is 0.0714. The van der Waals surface area contributed by atoms with Gasteiger partial charge in [0.05, 0.1) is 11.3 Å². The van der Waals surface area contributed by atoms with Gasteiger partial charge >= 0.3 is 5.97 Å². The van der Waals surface area contributed by atoms with Crippen molar-refractivity contribution >= 4 is 5.97 Å². The summed E-state index contributed by atoms with van der Waals surface area (Å²) >= 11 is 0. The third-order valence-electron chi connectivity index (χ3n) is 3.14. The van der Waals surface area contributed by atoms with Gasteiger partial charge in [-0.15, -0.1) is 5.10 Å². The van der Waals surface area contributed by atoms with Gasteiger partial charge in [-0.2, -0.15) is 0 Å². The molecule has 8 nitrogen and oxygen atoms in total. The lowest BCUT2D eigenvalue weighted by atomic mass is 10.1. The van der Waals surface area contributed by atoms with Crippen LogP contribution in [-0.2, 0) is 0 Å². The monoisotopic (exact) mass is 297 g/mol. The highest BCUT2D eigenvalue weighted by Crippen LogP contribution is 2.20. The molecule has 3 rings (SSSR count). The van der Waals surface area contributed by atoms with E-state index in [0.29, 0.717) is 17.1 Å². The molecule has 2 N–H and O–H groups in total. The molecule has 0 saturated heterocycles. The molecule has 0 radical (unpaired) electrons. The number of hydrogen-bond acceptors (Lipinski definition) is 5. The minimum atomic E-state index is -1.10. The highest BCUT2D eigenvalue weighted by atomic mass is 16.4. The van der Waals surface area contributed by atoms with E-state index in [1.807, 2.05) is 6.92 Å². The Morgan fingerprint density at radius 3 is 2.73 bits per heavy atom. The van der Waals surface area contributed by atoms with Crippen LogP contribution in [0.3, 0.4) is 0 Å². The van der Waals surface area contributed by atoms with Crippen LogP contribution in [0.1, 0.15) is 15.9 Å². The van der Waals surface area contributed by atoms with Crippen LogP contribution in [0.25, 0.3) is 17.1 Å². The van der Waals surface area contributed by atoms with Crippen molar-refractivity contribution in [3.8, 4) is 17.1 Å². The van der Waals surface area contributed by atoms with Crippen molar-refractivity contribution in [2.45, 2.75) is 6.92 Å². The number of hydrogen-bond donors (Lipinski definition) is 2. The minimum Gasteiger partial charge on any atom is -0.478 e. The fourth-order valence-corrected chi connectivity index (χ4v) is 2.08. The van der Waals surface area contributed by atoms with Gasteiger partial charge in [0.1, 0.15) is 0 Å². The number of carboxylic acid groups (broad SMARTS) is 1. The Morgan fingerprint density at radius 1 is 1.27 bits per heavy atom. The number of aromatic nitrogens is 5. The number of tetrazole rings is 1. The zero-order valence-corrected chi connectivity index (χ0v) is 11.5. The van der Waals surface area contributed by atoms with Gasteiger partial charge in [-0.05, 0) is 47.2 Å². The van der Waals surface area contributed by atoms with Gasteiger partial charge in [0.2, 0.25) is 0 Å². The minimum absolute atomic E-state index is 0.0383. The highest BCUT2D eigenvalue weighted by molar-refractivity contribution is 5.90. The van der Waals surface area contributed by atoms with E-state index in [4.69, 9.17) is 0 Å². The normalized spacial score (nSPS) is 10.6. The molecule has 110 valence electrons. The summed E-state index contributed by atoms with van der Waals surface area (Å²) in [6.07, 6.45) is 1.60. The molecular formula is C14H11N5O3. The number of rotatable bonds is 3. The van der Waals surface area contributed by atoms with E-state index in [9.17, 15) is 14.7 Å². The van der Waals surface area contributed by atoms with E-state index in [1.165, 1.54) is 22.8 Å². The van der Waals surface area contributed by atoms with Crippen LogP contribution in [0.5, 0.6) is 0 Å². The summed E-state index contributed by atoms with van der Waals surface area (Å²) in [5, 5.41) is 22.5. The first-order valence-electron chi connectivity index (χ1n) is 6.37. The number of nitrogens with one attached hydrogen (secondary N) is 1. The summed E-state index contributed by atoms with van der Waals surface area (Å²) in [7, 11) is 0. The fourth-order valence-electron chi connectivity index (χ4n) is 2.08. The summed E-state index contributed by atoms with van der Waals surface area (Å²) in [6, 6.07) is 7.75. The number of aromatic carboxylic acids is 1. The number of H-pyrrole nitrogens is 1. The van der Waals surface area contributed by atoms with Crippen molar-refractivity contribution in [3.63, 3.8) is 0 Å². The molecule has 22 heavy (non-hydrogen) atoms. The van der Waals surface area contributed by atoms with Crippen molar-refractivity contribution in [2.75, 3.05) is 0 Å². The molecule has 0 aliphatic rings. The number of benzene rings is 1. The maximum Gasteiger partial charge on any atom is 0.335 e. The van der Waals surface area contributed by atoms with Crippen molar-refractivity contribution in [1.82, 2.24) is 25.2 Å². The zero-order valence-electron chi connectivity index (χ0n) is 11.5. The Kier molecular flexibility index (Phi) is 3.26. The zero-order chi connectivity index (χ0) is 15.7. The molecule has 0 aliphatic heterocycles. The van der Waals surface area contributed by atoms with Gasteiger partial charge in [0.25, 0.3) is 5.56 Å². The molecule has 0 fully saturated rings. The predicted octanol–water partition coefficient (Wildman–Crippen LogP) is 1.02. The number of aromatic amines is 1. The SMILES string of the molecule is Cc1ccn(-c2cc(C(=O)O)cc(-c3nnn[nH]3)c2)c(=O)c1. The molecule has 0 amide bonds. The molecule has 0 unspecified atom stereocenters. The molecule has 0 aliphatic carbocycles. The second kappa shape index (κ2) is 5.24. The summed E-state index contributed by atoms with van der Waals surface area (Å²) in [6.45, 7) is 1.81. The quantitative estimate of drug-likeness (QED) is 0.746. The molecule has 8 heteroatoms. The summed E-state index contributed by atoms with van der Waals surface area (Å²) in [4.78, 5) is 23.4. The van der Waals surface area contributed by atoms with Crippen LogP contribution < -0.4 is 5.56 Å². The molecule has 3 aromatic rings. The molecule has 0 atom stereocenters. The predicted molar refractivity (Wildman–Crippen MR) is 76.9 cm³/mol. The van der Waals surface area contributed by atoms with E-state index >= 15 is 0 Å². The second-order valence-electron chi connectivity index (χ2n) is 4.74. The number of pyridine rings is 1. The number of aryl methyl sites for hydroxylation is 1. The summed E-state index contributed by atoms with van der Waals surface area (Å²) in [5.41, 5.74) is 1.53. The van der Waals surface area contributed by atoms with Crippen molar-refractivity contribution in [2.24, 2.45) is 0 Å². The first kappa shape index (κ1) is 13.7. The molecule has 0 bridgehead atoms. The summed E-state index contributed by atoms with van der Waals surface area (Å²) in [5.74, 6) is -0.778. The number of nitrogens with zero attached hydrogens (tertiary/aromatic N) is 4. The standard InChI is InChI=1S/C14H11N5O3/c1-8-2-3-19(12(20)4-8)11-6-9(13-15-17-18-16-13)5-10(7-11)14(21)22/h2-7H,1H3,(H,21,22)(H,15,16,17,18). The van der Waals surface area contributed by atoms with E-state index in [2.05, 4.69) is 20.6 Å². The highest BCUT2D eigenvalue weighted by Gasteiger charge is 2.12. The third kappa shape index (κ3) is 2.49. The Bertz CT molecular complexity index is 899. The molecule has 0 saturated carbocycles. The maximum atomic E-state index is 12.1. The average molecular weight is 297 g/mol. The lowest BCUT2D eigenvalue weighted by Gasteiger charge is -2.09. The van der Waals surface area contributed by atoms with Gasteiger partial charge < -0.3 is 5.11 Å². The summed E-state index contributed by atoms with van der Waals surface area (Å²) < 4.78 is 1.37. The third-order valence-corrected chi connectivity index (χ3v) is 3.14. The van der Waals surface area contributed by atoms with Crippen molar-refractivity contribution in [3.05, 3.63) is 58.0 Å². The lowest BCUT2D eigenvalue weighted by Crippen LogP contribution is -2.17.